The molecule has 0 radical (unpaired) electrons. The smallest absolute Gasteiger partial charge is 0.344 e. The summed E-state index contributed by atoms with van der Waals surface area (Å²) < 4.78 is 10.9. The molecule has 1 aromatic rings. The Labute approximate surface area is 96.8 Å². The van der Waals surface area contributed by atoms with Crippen LogP contribution >= 0.6 is 15.9 Å². The van der Waals surface area contributed by atoms with Crippen LogP contribution in [0, 0.1) is 0 Å². The van der Waals surface area contributed by atoms with Crippen LogP contribution in [0.25, 0.3) is 0 Å². The van der Waals surface area contributed by atoms with E-state index in [0.717, 1.165) is 4.47 Å². The molecule has 0 saturated carbocycles. The molecule has 4 heteroatoms. The maximum atomic E-state index is 11.0. The Morgan fingerprint density at radius 2 is 2.07 bits per heavy atom. The fraction of sp³-hybridized carbons (Fsp3) is 0.182. The number of ether oxygens (including phenoxy) is 2. The molecule has 0 aliphatic heterocycles. The SMILES string of the molecule is C=CCOC(=O)COc1ccc(Br)cc1. The molecular formula is C11H11BrO3. The summed E-state index contributed by atoms with van der Waals surface area (Å²) in [6.07, 6.45) is 1.51. The van der Waals surface area contributed by atoms with E-state index in [-0.39, 0.29) is 13.2 Å². The van der Waals surface area contributed by atoms with Gasteiger partial charge in [0, 0.05) is 4.47 Å². The van der Waals surface area contributed by atoms with Gasteiger partial charge in [0.25, 0.3) is 0 Å². The number of carbonyl (C=O) groups is 1. The second kappa shape index (κ2) is 6.24. The molecule has 0 atom stereocenters. The van der Waals surface area contributed by atoms with E-state index in [9.17, 15) is 4.79 Å². The Morgan fingerprint density at radius 1 is 1.40 bits per heavy atom. The minimum Gasteiger partial charge on any atom is -0.482 e. The van der Waals surface area contributed by atoms with Gasteiger partial charge in [-0.2, -0.15) is 0 Å². The van der Waals surface area contributed by atoms with Crippen LogP contribution in [-0.4, -0.2) is 19.2 Å². The molecule has 15 heavy (non-hydrogen) atoms. The molecule has 1 aromatic carbocycles. The lowest BCUT2D eigenvalue weighted by Crippen LogP contribution is -2.14. The highest BCUT2D eigenvalue weighted by atomic mass is 79.9. The summed E-state index contributed by atoms with van der Waals surface area (Å²) in [7, 11) is 0. The Hall–Kier alpha value is -1.29. The summed E-state index contributed by atoms with van der Waals surface area (Å²) in [4.78, 5) is 11.0. The van der Waals surface area contributed by atoms with Crippen molar-refractivity contribution in [3.05, 3.63) is 41.4 Å². The number of benzene rings is 1. The fourth-order valence-electron chi connectivity index (χ4n) is 0.867. The lowest BCUT2D eigenvalue weighted by atomic mass is 10.3. The largest absolute Gasteiger partial charge is 0.482 e. The lowest BCUT2D eigenvalue weighted by molar-refractivity contribution is -0.144. The van der Waals surface area contributed by atoms with E-state index < -0.39 is 5.97 Å². The summed E-state index contributed by atoms with van der Waals surface area (Å²) in [5, 5.41) is 0. The van der Waals surface area contributed by atoms with E-state index >= 15 is 0 Å². The number of rotatable bonds is 5. The average Bonchev–Trinajstić information content (AvgIpc) is 2.25. The predicted octanol–water partition coefficient (Wildman–Crippen LogP) is 2.56. The fourth-order valence-corrected chi connectivity index (χ4v) is 1.13. The zero-order chi connectivity index (χ0) is 11.1. The molecule has 0 unspecified atom stereocenters. The molecule has 0 N–H and O–H groups in total. The zero-order valence-corrected chi connectivity index (χ0v) is 9.70. The number of halogens is 1. The van der Waals surface area contributed by atoms with Gasteiger partial charge in [-0.1, -0.05) is 28.6 Å². The summed E-state index contributed by atoms with van der Waals surface area (Å²) in [6, 6.07) is 7.21. The van der Waals surface area contributed by atoms with E-state index in [2.05, 4.69) is 22.5 Å². The van der Waals surface area contributed by atoms with Crippen LogP contribution < -0.4 is 4.74 Å². The van der Waals surface area contributed by atoms with Gasteiger partial charge in [0.1, 0.15) is 12.4 Å². The van der Waals surface area contributed by atoms with Crippen LogP contribution in [0.1, 0.15) is 0 Å². The molecule has 0 fully saturated rings. The van der Waals surface area contributed by atoms with Crippen molar-refractivity contribution in [2.24, 2.45) is 0 Å². The van der Waals surface area contributed by atoms with Crippen molar-refractivity contribution in [3.8, 4) is 5.75 Å². The minimum atomic E-state index is -0.405. The van der Waals surface area contributed by atoms with Crippen molar-refractivity contribution in [2.45, 2.75) is 0 Å². The van der Waals surface area contributed by atoms with Crippen LogP contribution in [0.15, 0.2) is 41.4 Å². The van der Waals surface area contributed by atoms with Crippen molar-refractivity contribution in [3.63, 3.8) is 0 Å². The number of carbonyl (C=O) groups excluding carboxylic acids is 1. The van der Waals surface area contributed by atoms with E-state index in [1.165, 1.54) is 6.08 Å². The summed E-state index contributed by atoms with van der Waals surface area (Å²) in [6.45, 7) is 3.56. The number of esters is 1. The molecule has 0 spiro atoms. The Morgan fingerprint density at radius 3 is 2.67 bits per heavy atom. The summed E-state index contributed by atoms with van der Waals surface area (Å²) in [5.74, 6) is 0.228. The van der Waals surface area contributed by atoms with Gasteiger partial charge in [-0.05, 0) is 24.3 Å². The molecule has 0 bridgehead atoms. The second-order valence-corrected chi connectivity index (χ2v) is 3.63. The highest BCUT2D eigenvalue weighted by Crippen LogP contribution is 2.15. The lowest BCUT2D eigenvalue weighted by Gasteiger charge is -2.05. The maximum absolute atomic E-state index is 11.0. The highest BCUT2D eigenvalue weighted by Gasteiger charge is 2.02. The normalized spacial score (nSPS) is 9.40. The molecule has 0 aromatic heterocycles. The highest BCUT2D eigenvalue weighted by molar-refractivity contribution is 9.10. The van der Waals surface area contributed by atoms with E-state index in [0.29, 0.717) is 5.75 Å². The second-order valence-electron chi connectivity index (χ2n) is 2.71. The Kier molecular flexibility index (Phi) is 4.90. The predicted molar refractivity (Wildman–Crippen MR) is 60.8 cm³/mol. The third kappa shape index (κ3) is 4.65. The third-order valence-corrected chi connectivity index (χ3v) is 2.06. The molecule has 1 rings (SSSR count). The number of hydrogen-bond acceptors (Lipinski definition) is 3. The first-order valence-electron chi connectivity index (χ1n) is 4.37. The zero-order valence-electron chi connectivity index (χ0n) is 8.11. The molecule has 0 aliphatic carbocycles. The first-order valence-corrected chi connectivity index (χ1v) is 5.16. The molecule has 80 valence electrons. The minimum absolute atomic E-state index is 0.0878. The Bertz CT molecular complexity index is 332. The summed E-state index contributed by atoms with van der Waals surface area (Å²) >= 11 is 3.30. The van der Waals surface area contributed by atoms with Crippen molar-refractivity contribution in [1.82, 2.24) is 0 Å². The van der Waals surface area contributed by atoms with Gasteiger partial charge in [-0.3, -0.25) is 0 Å². The van der Waals surface area contributed by atoms with Gasteiger partial charge in [0.15, 0.2) is 6.61 Å². The molecule has 0 amide bonds. The van der Waals surface area contributed by atoms with Crippen LogP contribution in [0.3, 0.4) is 0 Å². The van der Waals surface area contributed by atoms with Gasteiger partial charge < -0.3 is 9.47 Å². The first-order chi connectivity index (χ1) is 7.22. The van der Waals surface area contributed by atoms with Gasteiger partial charge in [-0.15, -0.1) is 0 Å². The maximum Gasteiger partial charge on any atom is 0.344 e. The van der Waals surface area contributed by atoms with Crippen LogP contribution in [0.4, 0.5) is 0 Å². The van der Waals surface area contributed by atoms with Crippen molar-refractivity contribution < 1.29 is 14.3 Å². The van der Waals surface area contributed by atoms with Crippen LogP contribution in [0.5, 0.6) is 5.75 Å². The van der Waals surface area contributed by atoms with Crippen molar-refractivity contribution in [2.75, 3.05) is 13.2 Å². The van der Waals surface area contributed by atoms with Gasteiger partial charge in [-0.25, -0.2) is 4.79 Å². The molecule has 0 aliphatic rings. The molecule has 0 saturated heterocycles. The monoisotopic (exact) mass is 270 g/mol. The average molecular weight is 271 g/mol. The summed E-state index contributed by atoms with van der Waals surface area (Å²) in [5.41, 5.74) is 0. The third-order valence-electron chi connectivity index (χ3n) is 1.53. The van der Waals surface area contributed by atoms with Crippen molar-refractivity contribution >= 4 is 21.9 Å². The standard InChI is InChI=1S/C11H11BrO3/c1-2-7-14-11(13)8-15-10-5-3-9(12)4-6-10/h2-6H,1,7-8H2. The molecule has 0 heterocycles. The quantitative estimate of drug-likeness (QED) is 0.610. The van der Waals surface area contributed by atoms with E-state index in [1.807, 2.05) is 12.1 Å². The van der Waals surface area contributed by atoms with Gasteiger partial charge >= 0.3 is 5.97 Å². The topological polar surface area (TPSA) is 35.5 Å². The van der Waals surface area contributed by atoms with Gasteiger partial charge in [0.05, 0.1) is 0 Å². The van der Waals surface area contributed by atoms with Crippen LogP contribution in [0.2, 0.25) is 0 Å². The first kappa shape index (κ1) is 11.8. The molecular weight excluding hydrogens is 260 g/mol. The van der Waals surface area contributed by atoms with E-state index in [4.69, 9.17) is 9.47 Å². The van der Waals surface area contributed by atoms with Crippen molar-refractivity contribution in [1.29, 1.82) is 0 Å². The van der Waals surface area contributed by atoms with E-state index in [1.54, 1.807) is 12.1 Å². The number of hydrogen-bond donors (Lipinski definition) is 0. The van der Waals surface area contributed by atoms with Crippen LogP contribution in [-0.2, 0) is 9.53 Å². The Balaban J connectivity index is 2.33. The molecule has 3 nitrogen and oxygen atoms in total. The van der Waals surface area contributed by atoms with Gasteiger partial charge in [0.2, 0.25) is 0 Å².